The molecule has 3 aromatic rings. The third-order valence-corrected chi connectivity index (χ3v) is 6.25. The number of rotatable bonds is 6. The van der Waals surface area contributed by atoms with Crippen molar-refractivity contribution in [2.24, 2.45) is 5.92 Å². The summed E-state index contributed by atoms with van der Waals surface area (Å²) in [6.45, 7) is 6.18. The molecular weight excluding hydrogens is 432 g/mol. The minimum Gasteiger partial charge on any atom is -0.408 e. The highest BCUT2D eigenvalue weighted by atomic mass is 16.4. The van der Waals surface area contributed by atoms with E-state index >= 15 is 0 Å². The van der Waals surface area contributed by atoms with E-state index in [0.29, 0.717) is 48.5 Å². The molecule has 4 rings (SSSR count). The molecule has 8 heteroatoms. The van der Waals surface area contributed by atoms with Crippen LogP contribution in [-0.2, 0) is 11.3 Å². The van der Waals surface area contributed by atoms with Crippen molar-refractivity contribution in [1.82, 2.24) is 14.4 Å². The maximum Gasteiger partial charge on any atom is 0.419 e. The van der Waals surface area contributed by atoms with Crippen molar-refractivity contribution in [2.75, 3.05) is 39.0 Å². The number of nitrogens with zero attached hydrogens (tertiary/aromatic N) is 3. The van der Waals surface area contributed by atoms with E-state index < -0.39 is 5.76 Å². The summed E-state index contributed by atoms with van der Waals surface area (Å²) >= 11 is 0. The lowest BCUT2D eigenvalue weighted by atomic mass is 9.96. The van der Waals surface area contributed by atoms with Gasteiger partial charge in [0, 0.05) is 37.4 Å². The average molecular weight is 465 g/mol. The number of nitrogens with one attached hydrogen (secondary N) is 1. The molecular formula is C26H32N4O4. The first-order valence-corrected chi connectivity index (χ1v) is 11.7. The lowest BCUT2D eigenvalue weighted by molar-refractivity contribution is -0.121. The van der Waals surface area contributed by atoms with Gasteiger partial charge in [-0.15, -0.1) is 0 Å². The van der Waals surface area contributed by atoms with Gasteiger partial charge in [-0.2, -0.15) is 0 Å². The number of piperidine rings is 1. The van der Waals surface area contributed by atoms with Crippen LogP contribution in [0.2, 0.25) is 0 Å². The van der Waals surface area contributed by atoms with Crippen molar-refractivity contribution < 1.29 is 14.0 Å². The fourth-order valence-electron chi connectivity index (χ4n) is 4.55. The largest absolute Gasteiger partial charge is 0.419 e. The van der Waals surface area contributed by atoms with Crippen molar-refractivity contribution in [3.63, 3.8) is 0 Å². The molecule has 2 aromatic carbocycles. The summed E-state index contributed by atoms with van der Waals surface area (Å²) in [6, 6.07) is 11.1. The molecule has 1 unspecified atom stereocenters. The van der Waals surface area contributed by atoms with Crippen LogP contribution in [0.25, 0.3) is 11.1 Å². The van der Waals surface area contributed by atoms with Crippen LogP contribution in [0.5, 0.6) is 0 Å². The summed E-state index contributed by atoms with van der Waals surface area (Å²) in [4.78, 5) is 42.2. The van der Waals surface area contributed by atoms with Crippen LogP contribution in [0, 0.1) is 19.8 Å². The van der Waals surface area contributed by atoms with Gasteiger partial charge < -0.3 is 19.5 Å². The molecule has 0 spiro atoms. The third kappa shape index (κ3) is 5.22. The molecule has 0 radical (unpaired) electrons. The van der Waals surface area contributed by atoms with Gasteiger partial charge in [0.2, 0.25) is 5.91 Å². The van der Waals surface area contributed by atoms with E-state index in [2.05, 4.69) is 5.32 Å². The van der Waals surface area contributed by atoms with Crippen molar-refractivity contribution in [2.45, 2.75) is 33.2 Å². The lowest BCUT2D eigenvalue weighted by Crippen LogP contribution is -2.43. The molecule has 1 fully saturated rings. The van der Waals surface area contributed by atoms with Crippen molar-refractivity contribution in [3.8, 4) is 0 Å². The minimum absolute atomic E-state index is 0.0333. The smallest absolute Gasteiger partial charge is 0.408 e. The van der Waals surface area contributed by atoms with E-state index in [1.807, 2.05) is 51.0 Å². The number of hydrogen-bond donors (Lipinski definition) is 1. The molecule has 1 atom stereocenters. The van der Waals surface area contributed by atoms with Gasteiger partial charge in [0.05, 0.1) is 11.4 Å². The van der Waals surface area contributed by atoms with Gasteiger partial charge in [0.25, 0.3) is 5.91 Å². The first-order chi connectivity index (χ1) is 16.2. The lowest BCUT2D eigenvalue weighted by Gasteiger charge is -2.32. The van der Waals surface area contributed by atoms with Crippen molar-refractivity contribution >= 4 is 28.6 Å². The number of aryl methyl sites for hydroxylation is 2. The Bertz CT molecular complexity index is 1250. The molecule has 34 heavy (non-hydrogen) atoms. The first-order valence-electron chi connectivity index (χ1n) is 11.7. The predicted octanol–water partition coefficient (Wildman–Crippen LogP) is 3.26. The second kappa shape index (κ2) is 9.85. The summed E-state index contributed by atoms with van der Waals surface area (Å²) in [5.74, 6) is -0.857. The van der Waals surface area contributed by atoms with Gasteiger partial charge >= 0.3 is 5.76 Å². The highest BCUT2D eigenvalue weighted by Crippen LogP contribution is 2.23. The quantitative estimate of drug-likeness (QED) is 0.605. The Morgan fingerprint density at radius 2 is 1.85 bits per heavy atom. The Morgan fingerprint density at radius 3 is 2.56 bits per heavy atom. The summed E-state index contributed by atoms with van der Waals surface area (Å²) < 4.78 is 6.92. The molecule has 0 saturated carbocycles. The van der Waals surface area contributed by atoms with E-state index in [0.717, 1.165) is 24.0 Å². The molecule has 1 aliphatic heterocycles. The van der Waals surface area contributed by atoms with E-state index in [-0.39, 0.29) is 17.7 Å². The van der Waals surface area contributed by atoms with Crippen LogP contribution in [0.15, 0.2) is 45.6 Å². The van der Waals surface area contributed by atoms with Crippen LogP contribution in [0.4, 0.5) is 5.69 Å². The third-order valence-electron chi connectivity index (χ3n) is 6.25. The number of carbonyl (C=O) groups excluding carboxylic acids is 2. The number of fused-ring (bicyclic) bond motifs is 1. The Balaban J connectivity index is 1.47. The van der Waals surface area contributed by atoms with Crippen molar-refractivity contribution in [3.05, 3.63) is 63.6 Å². The Hall–Kier alpha value is -3.39. The zero-order valence-corrected chi connectivity index (χ0v) is 20.3. The molecule has 8 nitrogen and oxygen atoms in total. The number of anilines is 1. The van der Waals surface area contributed by atoms with Gasteiger partial charge in [0.15, 0.2) is 5.58 Å². The number of carbonyl (C=O) groups is 2. The van der Waals surface area contributed by atoms with E-state index in [9.17, 15) is 14.4 Å². The van der Waals surface area contributed by atoms with Gasteiger partial charge in [-0.05, 0) is 71.1 Å². The first kappa shape index (κ1) is 23.8. The number of aromatic nitrogens is 1. The highest BCUT2D eigenvalue weighted by molar-refractivity contribution is 5.97. The molecule has 1 saturated heterocycles. The molecule has 2 amide bonds. The van der Waals surface area contributed by atoms with Crippen LogP contribution in [0.1, 0.15) is 34.3 Å². The van der Waals surface area contributed by atoms with E-state index in [4.69, 9.17) is 4.42 Å². The molecule has 2 heterocycles. The summed E-state index contributed by atoms with van der Waals surface area (Å²) in [7, 11) is 3.88. The second-order valence-electron chi connectivity index (χ2n) is 9.46. The monoisotopic (exact) mass is 464 g/mol. The topological polar surface area (TPSA) is 87.8 Å². The van der Waals surface area contributed by atoms with Crippen LogP contribution >= 0.6 is 0 Å². The number of likely N-dealkylation sites (tertiary alicyclic amines) is 1. The molecule has 0 aliphatic carbocycles. The standard InChI is InChI=1S/C26H32N4O4/c1-17-12-18(2)14-20(13-17)25(32)29-9-5-6-19(16-29)24(31)27-21-7-8-23-22(15-21)30(26(33)34-23)11-10-28(3)4/h7-8,12-15,19H,5-6,9-11,16H2,1-4H3,(H,27,31). The van der Waals surface area contributed by atoms with Crippen LogP contribution in [-0.4, -0.2) is 59.9 Å². The van der Waals surface area contributed by atoms with Gasteiger partial charge in [-0.3, -0.25) is 14.2 Å². The fourth-order valence-corrected chi connectivity index (χ4v) is 4.55. The van der Waals surface area contributed by atoms with E-state index in [1.165, 1.54) is 0 Å². The van der Waals surface area contributed by atoms with Gasteiger partial charge in [-0.25, -0.2) is 4.79 Å². The number of amides is 2. The van der Waals surface area contributed by atoms with E-state index in [1.54, 1.807) is 27.7 Å². The van der Waals surface area contributed by atoms with Crippen LogP contribution in [0.3, 0.4) is 0 Å². The number of oxazole rings is 1. The van der Waals surface area contributed by atoms with Crippen molar-refractivity contribution in [1.29, 1.82) is 0 Å². The highest BCUT2D eigenvalue weighted by Gasteiger charge is 2.29. The number of hydrogen-bond acceptors (Lipinski definition) is 5. The maximum absolute atomic E-state index is 13.1. The molecule has 1 N–H and O–H groups in total. The number of likely N-dealkylation sites (N-methyl/N-ethyl adjacent to an activating group) is 1. The zero-order valence-electron chi connectivity index (χ0n) is 20.3. The normalized spacial score (nSPS) is 16.3. The molecule has 0 bridgehead atoms. The molecule has 1 aromatic heterocycles. The Morgan fingerprint density at radius 1 is 1.12 bits per heavy atom. The second-order valence-corrected chi connectivity index (χ2v) is 9.46. The summed E-state index contributed by atoms with van der Waals surface area (Å²) in [5, 5.41) is 2.98. The predicted molar refractivity (Wildman–Crippen MR) is 132 cm³/mol. The molecule has 1 aliphatic rings. The minimum atomic E-state index is -0.409. The molecule has 180 valence electrons. The summed E-state index contributed by atoms with van der Waals surface area (Å²) in [5.41, 5.74) is 4.51. The average Bonchev–Trinajstić information content (AvgIpc) is 3.10. The fraction of sp³-hybridized carbons (Fsp3) is 0.423. The summed E-state index contributed by atoms with van der Waals surface area (Å²) in [6.07, 6.45) is 1.50. The van der Waals surface area contributed by atoms with Crippen LogP contribution < -0.4 is 11.1 Å². The van der Waals surface area contributed by atoms with Gasteiger partial charge in [-0.1, -0.05) is 17.2 Å². The van der Waals surface area contributed by atoms with Gasteiger partial charge in [0.1, 0.15) is 0 Å². The number of benzene rings is 2. The Labute approximate surface area is 199 Å². The Kier molecular flexibility index (Phi) is 6.88. The maximum atomic E-state index is 13.1. The zero-order chi connectivity index (χ0) is 24.4. The SMILES string of the molecule is Cc1cc(C)cc(C(=O)N2CCCC(C(=O)Nc3ccc4oc(=O)n(CCN(C)C)c4c3)C2)c1.